The van der Waals surface area contributed by atoms with Gasteiger partial charge in [-0.3, -0.25) is 14.4 Å². The molecule has 0 spiro atoms. The third-order valence-electron chi connectivity index (χ3n) is 6.10. The summed E-state index contributed by atoms with van der Waals surface area (Å²) in [5.41, 5.74) is 2.00. The van der Waals surface area contributed by atoms with Gasteiger partial charge in [0, 0.05) is 6.54 Å². The quantitative estimate of drug-likeness (QED) is 0.347. The number of carbonyl (C=O) groups excluding carboxylic acids is 4. The minimum Gasteiger partial charge on any atom is -0.465 e. The first-order valence-corrected chi connectivity index (χ1v) is 11.9. The molecule has 4 rings (SSSR count). The molecule has 0 N–H and O–H groups in total. The highest BCUT2D eigenvalue weighted by Gasteiger charge is 2.44. The zero-order valence-electron chi connectivity index (χ0n) is 18.5. The second-order valence-electron chi connectivity index (χ2n) is 8.16. The number of ether oxygens (including phenoxy) is 1. The Morgan fingerprint density at radius 2 is 1.94 bits per heavy atom. The molecule has 1 atom stereocenters. The smallest absolute Gasteiger partial charge is 0.337 e. The summed E-state index contributed by atoms with van der Waals surface area (Å²) in [6, 6.07) is 8.81. The van der Waals surface area contributed by atoms with E-state index >= 15 is 0 Å². The number of methoxy groups -OCH3 is 1. The lowest BCUT2D eigenvalue weighted by molar-refractivity contribution is -0.122. The van der Waals surface area contributed by atoms with Crippen molar-refractivity contribution in [1.29, 1.82) is 0 Å². The van der Waals surface area contributed by atoms with Gasteiger partial charge >= 0.3 is 5.97 Å². The van der Waals surface area contributed by atoms with Gasteiger partial charge in [0.2, 0.25) is 5.91 Å². The number of imide groups is 1. The van der Waals surface area contributed by atoms with Crippen molar-refractivity contribution >= 4 is 40.7 Å². The van der Waals surface area contributed by atoms with Crippen LogP contribution < -0.4 is 4.90 Å². The Hall–Kier alpha value is -3.26. The molecule has 2 heterocycles. The van der Waals surface area contributed by atoms with Crippen molar-refractivity contribution in [1.82, 2.24) is 4.90 Å². The fraction of sp³-hybridized carbons (Fsp3) is 0.360. The fourth-order valence-corrected chi connectivity index (χ4v) is 5.01. The first-order chi connectivity index (χ1) is 16.0. The molecule has 1 aromatic carbocycles. The maximum Gasteiger partial charge on any atom is 0.337 e. The summed E-state index contributed by atoms with van der Waals surface area (Å²) in [5.74, 6) is -1.51. The minimum atomic E-state index is -0.850. The molecule has 1 aliphatic carbocycles. The van der Waals surface area contributed by atoms with Crippen molar-refractivity contribution in [2.24, 2.45) is 0 Å². The van der Waals surface area contributed by atoms with E-state index < -0.39 is 17.9 Å². The van der Waals surface area contributed by atoms with Crippen LogP contribution in [-0.2, 0) is 14.3 Å². The monoisotopic (exact) mass is 466 g/mol. The van der Waals surface area contributed by atoms with E-state index in [0.717, 1.165) is 24.2 Å². The van der Waals surface area contributed by atoms with Crippen LogP contribution in [0, 0.1) is 0 Å². The normalized spacial score (nSPS) is 18.3. The van der Waals surface area contributed by atoms with Gasteiger partial charge in [-0.2, -0.15) is 0 Å². The van der Waals surface area contributed by atoms with Crippen molar-refractivity contribution in [2.75, 3.05) is 18.6 Å². The van der Waals surface area contributed by atoms with Gasteiger partial charge in [-0.25, -0.2) is 9.69 Å². The molecule has 1 aliphatic heterocycles. The van der Waals surface area contributed by atoms with Gasteiger partial charge in [-0.15, -0.1) is 11.3 Å². The fourth-order valence-electron chi connectivity index (χ4n) is 4.33. The van der Waals surface area contributed by atoms with Crippen molar-refractivity contribution in [3.05, 3.63) is 63.9 Å². The van der Waals surface area contributed by atoms with E-state index in [1.165, 1.54) is 42.6 Å². The van der Waals surface area contributed by atoms with Crippen LogP contribution in [0.1, 0.15) is 58.6 Å². The molecule has 2 aliphatic rings. The summed E-state index contributed by atoms with van der Waals surface area (Å²) in [6.45, 7) is 0.390. The van der Waals surface area contributed by atoms with Crippen molar-refractivity contribution in [3.8, 4) is 0 Å². The number of allylic oxidation sites excluding steroid dienone is 1. The Morgan fingerprint density at radius 3 is 2.58 bits per heavy atom. The molecule has 8 heteroatoms. The molecular weight excluding hydrogens is 440 g/mol. The van der Waals surface area contributed by atoms with Gasteiger partial charge < -0.3 is 9.64 Å². The average molecular weight is 467 g/mol. The highest BCUT2D eigenvalue weighted by Crippen LogP contribution is 2.29. The lowest BCUT2D eigenvalue weighted by atomic mass is 9.97. The molecule has 0 bridgehead atoms. The van der Waals surface area contributed by atoms with E-state index in [9.17, 15) is 19.2 Å². The number of hydrogen-bond donors (Lipinski definition) is 0. The summed E-state index contributed by atoms with van der Waals surface area (Å²) in [5, 5.41) is 1.83. The number of carbonyl (C=O) groups is 4. The maximum atomic E-state index is 13.4. The number of thiophene rings is 1. The molecule has 2 aromatic rings. The minimum absolute atomic E-state index is 0.0618. The Morgan fingerprint density at radius 1 is 1.15 bits per heavy atom. The molecular formula is C25H26N2O5S. The van der Waals surface area contributed by atoms with E-state index in [-0.39, 0.29) is 18.2 Å². The summed E-state index contributed by atoms with van der Waals surface area (Å²) in [7, 11) is 1.29. The van der Waals surface area contributed by atoms with Gasteiger partial charge in [-0.05, 0) is 67.8 Å². The van der Waals surface area contributed by atoms with Gasteiger partial charge in [-0.1, -0.05) is 17.7 Å². The van der Waals surface area contributed by atoms with Crippen LogP contribution in [0.2, 0.25) is 0 Å². The highest BCUT2D eigenvalue weighted by atomic mass is 32.1. The van der Waals surface area contributed by atoms with Gasteiger partial charge in [0.25, 0.3) is 11.8 Å². The van der Waals surface area contributed by atoms with Crippen LogP contribution in [-0.4, -0.2) is 48.3 Å². The molecule has 1 aromatic heterocycles. The number of esters is 1. The SMILES string of the molecule is COC(=O)c1ccc(N2C(=O)CC(N(CCC3=CCCCC3)C(=O)c3cccs3)C2=O)cc1. The number of hydrogen-bond acceptors (Lipinski definition) is 6. The maximum absolute atomic E-state index is 13.4. The van der Waals surface area contributed by atoms with Gasteiger partial charge in [0.1, 0.15) is 6.04 Å². The molecule has 1 fully saturated rings. The standard InChI is InChI=1S/C25H26N2O5S/c1-32-25(31)18-9-11-19(12-10-18)27-22(28)16-20(23(27)29)26(24(30)21-8-5-15-33-21)14-13-17-6-3-2-4-7-17/h5-6,8-12,15,20H,2-4,7,13-14,16H2,1H3. The van der Waals surface area contributed by atoms with Crippen LogP contribution >= 0.6 is 11.3 Å². The van der Waals surface area contributed by atoms with Crippen LogP contribution in [0.5, 0.6) is 0 Å². The molecule has 3 amide bonds. The Labute approximate surface area is 196 Å². The van der Waals surface area contributed by atoms with Gasteiger partial charge in [0.15, 0.2) is 0 Å². The average Bonchev–Trinajstić information content (AvgIpc) is 3.48. The molecule has 0 saturated carbocycles. The van der Waals surface area contributed by atoms with Crippen molar-refractivity contribution < 1.29 is 23.9 Å². The lowest BCUT2D eigenvalue weighted by Crippen LogP contribution is -2.46. The van der Waals surface area contributed by atoms with Crippen LogP contribution in [0.3, 0.4) is 0 Å². The van der Waals surface area contributed by atoms with Crippen LogP contribution in [0.25, 0.3) is 0 Å². The molecule has 172 valence electrons. The largest absolute Gasteiger partial charge is 0.465 e. The molecule has 1 saturated heterocycles. The van der Waals surface area contributed by atoms with E-state index in [4.69, 9.17) is 4.74 Å². The number of benzene rings is 1. The second kappa shape index (κ2) is 10.1. The zero-order chi connectivity index (χ0) is 23.4. The van der Waals surface area contributed by atoms with Crippen LogP contribution in [0.15, 0.2) is 53.4 Å². The predicted octanol–water partition coefficient (Wildman–Crippen LogP) is 4.20. The van der Waals surface area contributed by atoms with Gasteiger partial charge in [0.05, 0.1) is 29.7 Å². The Balaban J connectivity index is 1.56. The third-order valence-corrected chi connectivity index (χ3v) is 6.96. The topological polar surface area (TPSA) is 84.0 Å². The van der Waals surface area contributed by atoms with Crippen molar-refractivity contribution in [2.45, 2.75) is 44.6 Å². The Bertz CT molecular complexity index is 1070. The highest BCUT2D eigenvalue weighted by molar-refractivity contribution is 7.12. The molecule has 7 nitrogen and oxygen atoms in total. The number of rotatable bonds is 7. The summed E-state index contributed by atoms with van der Waals surface area (Å²) < 4.78 is 4.70. The predicted molar refractivity (Wildman–Crippen MR) is 125 cm³/mol. The first-order valence-electron chi connectivity index (χ1n) is 11.1. The summed E-state index contributed by atoms with van der Waals surface area (Å²) in [6.07, 6.45) is 7.24. The summed E-state index contributed by atoms with van der Waals surface area (Å²) >= 11 is 1.33. The molecule has 33 heavy (non-hydrogen) atoms. The summed E-state index contributed by atoms with van der Waals surface area (Å²) in [4.78, 5) is 54.4. The number of nitrogens with zero attached hydrogens (tertiary/aromatic N) is 2. The second-order valence-corrected chi connectivity index (χ2v) is 9.11. The lowest BCUT2D eigenvalue weighted by Gasteiger charge is -2.28. The molecule has 0 radical (unpaired) electrons. The van der Waals surface area contributed by atoms with Crippen LogP contribution in [0.4, 0.5) is 5.69 Å². The van der Waals surface area contributed by atoms with E-state index in [0.29, 0.717) is 29.1 Å². The van der Waals surface area contributed by atoms with Crippen molar-refractivity contribution in [3.63, 3.8) is 0 Å². The first kappa shape index (κ1) is 22.9. The zero-order valence-corrected chi connectivity index (χ0v) is 19.3. The third kappa shape index (κ3) is 4.90. The van der Waals surface area contributed by atoms with E-state index in [1.54, 1.807) is 29.2 Å². The number of amides is 3. The van der Waals surface area contributed by atoms with E-state index in [1.807, 2.05) is 5.38 Å². The Kier molecular flexibility index (Phi) is 7.03. The van der Waals surface area contributed by atoms with E-state index in [2.05, 4.69) is 6.08 Å². The molecule has 1 unspecified atom stereocenters. The number of anilines is 1.